The lowest BCUT2D eigenvalue weighted by molar-refractivity contribution is 0.290. The molecule has 1 aliphatic carbocycles. The number of fused-ring (bicyclic) bond motifs is 8. The maximum Gasteiger partial charge on any atom is 0.172 e. The Balaban J connectivity index is 1.51. The van der Waals surface area contributed by atoms with Crippen molar-refractivity contribution in [2.24, 2.45) is 0 Å². The summed E-state index contributed by atoms with van der Waals surface area (Å²) in [6.07, 6.45) is 6.00. The van der Waals surface area contributed by atoms with E-state index in [1.54, 1.807) is 0 Å². The first-order valence-electron chi connectivity index (χ1n) is 11.7. The number of allylic oxidation sites excluding steroid dienone is 3. The van der Waals surface area contributed by atoms with Crippen LogP contribution >= 0.6 is 0 Å². The summed E-state index contributed by atoms with van der Waals surface area (Å²) in [5, 5.41) is 4.80. The van der Waals surface area contributed by atoms with Gasteiger partial charge in [0.25, 0.3) is 0 Å². The van der Waals surface area contributed by atoms with Crippen LogP contribution in [0.25, 0.3) is 49.3 Å². The van der Waals surface area contributed by atoms with Gasteiger partial charge in [-0.25, -0.2) is 0 Å². The highest BCUT2D eigenvalue weighted by atomic mass is 16.6. The first-order valence-corrected chi connectivity index (χ1v) is 11.7. The lowest BCUT2D eigenvalue weighted by Crippen LogP contribution is -2.12. The Morgan fingerprint density at radius 1 is 0.735 bits per heavy atom. The lowest BCUT2D eigenvalue weighted by atomic mass is 10.1. The molecule has 0 saturated carbocycles. The van der Waals surface area contributed by atoms with Crippen molar-refractivity contribution >= 4 is 43.6 Å². The number of nitrogens with zero attached hydrogens (tertiary/aromatic N) is 1. The minimum absolute atomic E-state index is 0.755. The number of aromatic nitrogens is 2. The Hall–Kier alpha value is -4.44. The maximum absolute atomic E-state index is 6.33. The van der Waals surface area contributed by atoms with E-state index < -0.39 is 0 Å². The molecule has 34 heavy (non-hydrogen) atoms. The highest BCUT2D eigenvalue weighted by molar-refractivity contribution is 6.23. The smallest absolute Gasteiger partial charge is 0.172 e. The Morgan fingerprint density at radius 3 is 2.50 bits per heavy atom. The van der Waals surface area contributed by atoms with Crippen LogP contribution in [0.4, 0.5) is 0 Å². The fourth-order valence-corrected chi connectivity index (χ4v) is 5.49. The molecule has 4 nitrogen and oxygen atoms in total. The average Bonchev–Trinajstić information content (AvgIpc) is 3.42. The van der Waals surface area contributed by atoms with E-state index in [1.165, 1.54) is 16.2 Å². The van der Waals surface area contributed by atoms with E-state index in [4.69, 9.17) is 9.47 Å². The minimum Gasteiger partial charge on any atom is -0.454 e. The van der Waals surface area contributed by atoms with Crippen molar-refractivity contribution in [1.29, 1.82) is 0 Å². The summed E-state index contributed by atoms with van der Waals surface area (Å²) >= 11 is 0. The molecule has 8 rings (SSSR count). The number of H-pyrrole nitrogens is 1. The number of para-hydroxylation sites is 2. The molecular weight excluding hydrogens is 420 g/mol. The topological polar surface area (TPSA) is 39.2 Å². The molecule has 6 aromatic rings. The van der Waals surface area contributed by atoms with Gasteiger partial charge in [-0.1, -0.05) is 54.6 Å². The van der Waals surface area contributed by atoms with Crippen molar-refractivity contribution in [1.82, 2.24) is 9.55 Å². The van der Waals surface area contributed by atoms with Crippen molar-refractivity contribution in [3.8, 4) is 17.2 Å². The summed E-state index contributed by atoms with van der Waals surface area (Å²) in [5.41, 5.74) is 5.65. The summed E-state index contributed by atoms with van der Waals surface area (Å²) in [6.45, 7) is 0. The Labute approximate surface area is 195 Å². The molecule has 0 radical (unpaired) electrons. The molecule has 0 amide bonds. The van der Waals surface area contributed by atoms with Gasteiger partial charge in [0.2, 0.25) is 0 Å². The average molecular weight is 441 g/mol. The van der Waals surface area contributed by atoms with E-state index in [1.807, 2.05) is 6.08 Å². The van der Waals surface area contributed by atoms with Crippen LogP contribution in [0.1, 0.15) is 12.8 Å². The summed E-state index contributed by atoms with van der Waals surface area (Å²) < 4.78 is 15.0. The van der Waals surface area contributed by atoms with Crippen molar-refractivity contribution in [3.05, 3.63) is 103 Å². The second kappa shape index (κ2) is 6.55. The molecule has 4 aromatic carbocycles. The zero-order valence-electron chi connectivity index (χ0n) is 18.3. The molecule has 0 bridgehead atoms. The second-order valence-electron chi connectivity index (χ2n) is 8.97. The van der Waals surface area contributed by atoms with Gasteiger partial charge in [-0.2, -0.15) is 0 Å². The summed E-state index contributed by atoms with van der Waals surface area (Å²) in [6, 6.07) is 27.8. The number of aromatic amines is 1. The molecule has 2 aliphatic rings. The number of hydrogen-bond donors (Lipinski definition) is 1. The first kappa shape index (κ1) is 18.0. The lowest BCUT2D eigenvalue weighted by Gasteiger charge is -2.24. The molecule has 1 aliphatic heterocycles. The van der Waals surface area contributed by atoms with E-state index in [0.29, 0.717) is 0 Å². The van der Waals surface area contributed by atoms with Gasteiger partial charge in [0.05, 0.1) is 16.6 Å². The fourth-order valence-electron chi connectivity index (χ4n) is 5.49. The molecule has 4 heteroatoms. The van der Waals surface area contributed by atoms with Crippen LogP contribution in [0.15, 0.2) is 103 Å². The highest BCUT2D eigenvalue weighted by Crippen LogP contribution is 2.45. The van der Waals surface area contributed by atoms with Gasteiger partial charge < -0.3 is 19.0 Å². The van der Waals surface area contributed by atoms with Crippen LogP contribution in [0.3, 0.4) is 0 Å². The zero-order valence-corrected chi connectivity index (χ0v) is 18.3. The van der Waals surface area contributed by atoms with Gasteiger partial charge in [0, 0.05) is 45.2 Å². The maximum atomic E-state index is 6.33. The van der Waals surface area contributed by atoms with E-state index in [9.17, 15) is 0 Å². The molecule has 0 saturated heterocycles. The molecule has 0 atom stereocenters. The van der Waals surface area contributed by atoms with Crippen molar-refractivity contribution < 1.29 is 9.47 Å². The van der Waals surface area contributed by atoms with Crippen LogP contribution in [0.5, 0.6) is 11.5 Å². The van der Waals surface area contributed by atoms with E-state index in [2.05, 4.69) is 94.5 Å². The molecule has 1 N–H and O–H groups in total. The predicted molar refractivity (Wildman–Crippen MR) is 137 cm³/mol. The molecule has 0 unspecified atom stereocenters. The van der Waals surface area contributed by atoms with Crippen molar-refractivity contribution in [2.45, 2.75) is 12.8 Å². The molecule has 2 aromatic heterocycles. The van der Waals surface area contributed by atoms with E-state index in [-0.39, 0.29) is 0 Å². The largest absolute Gasteiger partial charge is 0.454 e. The Kier molecular flexibility index (Phi) is 3.47. The number of nitrogens with one attached hydrogen (secondary N) is 1. The van der Waals surface area contributed by atoms with E-state index >= 15 is 0 Å². The SMILES string of the molecule is C1=CC2=C(CC1)Oc1cc3c4ccc5c6ccccc6[nH]c5c4n(-c4ccccc4)c3cc1O2. The third-order valence-electron chi connectivity index (χ3n) is 7.02. The normalized spacial score (nSPS) is 15.1. The zero-order chi connectivity index (χ0) is 22.2. The summed E-state index contributed by atoms with van der Waals surface area (Å²) in [5.74, 6) is 3.27. The van der Waals surface area contributed by atoms with Gasteiger partial charge in [0.1, 0.15) is 5.76 Å². The number of rotatable bonds is 1. The second-order valence-corrected chi connectivity index (χ2v) is 8.97. The monoisotopic (exact) mass is 440 g/mol. The Bertz CT molecular complexity index is 1850. The number of ether oxygens (including phenoxy) is 2. The van der Waals surface area contributed by atoms with Gasteiger partial charge in [0.15, 0.2) is 17.3 Å². The quantitative estimate of drug-likeness (QED) is 0.284. The van der Waals surface area contributed by atoms with Crippen molar-refractivity contribution in [3.63, 3.8) is 0 Å². The van der Waals surface area contributed by atoms with Crippen LogP contribution in [-0.2, 0) is 0 Å². The molecule has 0 fully saturated rings. The van der Waals surface area contributed by atoms with Gasteiger partial charge in [-0.05, 0) is 36.8 Å². The molecule has 162 valence electrons. The Morgan fingerprint density at radius 2 is 1.56 bits per heavy atom. The summed E-state index contributed by atoms with van der Waals surface area (Å²) in [4.78, 5) is 3.70. The van der Waals surface area contributed by atoms with Crippen LogP contribution in [0.2, 0.25) is 0 Å². The van der Waals surface area contributed by atoms with E-state index in [0.717, 1.165) is 69.0 Å². The van der Waals surface area contributed by atoms with Crippen LogP contribution in [-0.4, -0.2) is 9.55 Å². The first-order chi connectivity index (χ1) is 16.8. The minimum atomic E-state index is 0.755. The van der Waals surface area contributed by atoms with Crippen molar-refractivity contribution in [2.75, 3.05) is 0 Å². The van der Waals surface area contributed by atoms with Gasteiger partial charge in [-0.3, -0.25) is 0 Å². The number of benzene rings is 4. The third-order valence-corrected chi connectivity index (χ3v) is 7.02. The third kappa shape index (κ3) is 2.37. The fraction of sp³-hybridized carbons (Fsp3) is 0.0667. The van der Waals surface area contributed by atoms with Crippen LogP contribution in [0, 0.1) is 0 Å². The van der Waals surface area contributed by atoms with Crippen LogP contribution < -0.4 is 9.47 Å². The molecule has 0 spiro atoms. The molecule has 3 heterocycles. The predicted octanol–water partition coefficient (Wildman–Crippen LogP) is 7.75. The standard InChI is InChI=1S/C30H20N2O2/c1-2-8-18(9-3-1)32-24-17-28-27(33-25-12-6-7-13-26(25)34-28)16-22(24)21-15-14-20-19-10-4-5-11-23(19)31-29(20)30(21)32/h1-5,7-11,13-17,31H,6,12H2. The molecular formula is C30H20N2O2. The highest BCUT2D eigenvalue weighted by Gasteiger charge is 2.25. The van der Waals surface area contributed by atoms with Gasteiger partial charge >= 0.3 is 0 Å². The summed E-state index contributed by atoms with van der Waals surface area (Å²) in [7, 11) is 0. The number of hydrogen-bond acceptors (Lipinski definition) is 2. The van der Waals surface area contributed by atoms with Gasteiger partial charge in [-0.15, -0.1) is 0 Å².